The molecule has 0 heterocycles. The summed E-state index contributed by atoms with van der Waals surface area (Å²) in [6.45, 7) is 8.00. The van der Waals surface area contributed by atoms with Crippen molar-refractivity contribution in [2.45, 2.75) is 46.6 Å². The second kappa shape index (κ2) is 8.62. The van der Waals surface area contributed by atoms with Gasteiger partial charge in [-0.25, -0.2) is 0 Å². The molecular formula is C14H24N2O. The van der Waals surface area contributed by atoms with Crippen molar-refractivity contribution in [1.29, 1.82) is 0 Å². The van der Waals surface area contributed by atoms with Crippen LogP contribution in [0, 0.1) is 0 Å². The summed E-state index contributed by atoms with van der Waals surface area (Å²) in [6.07, 6.45) is 2.21. The van der Waals surface area contributed by atoms with Gasteiger partial charge in [0, 0.05) is 17.3 Å². The van der Waals surface area contributed by atoms with Gasteiger partial charge < -0.3 is 11.1 Å². The van der Waals surface area contributed by atoms with Gasteiger partial charge in [0.25, 0.3) is 5.91 Å². The molecular weight excluding hydrogens is 212 g/mol. The number of carbonyl (C=O) groups excluding carboxylic acids is 1. The van der Waals surface area contributed by atoms with Crippen molar-refractivity contribution in [2.24, 2.45) is 0 Å². The fraction of sp³-hybridized carbons (Fsp3) is 0.500. The monoisotopic (exact) mass is 236 g/mol. The van der Waals surface area contributed by atoms with Gasteiger partial charge in [0.1, 0.15) is 0 Å². The van der Waals surface area contributed by atoms with E-state index in [1.54, 1.807) is 24.3 Å². The molecule has 0 aliphatic heterocycles. The standard InChI is InChI=1S/C10H12N2O.2C2H6/c11-8-3-1-2-7(6-8)10(13)12-9-4-5-9;2*1-2/h1-3,6,9H,4-5,11H2,(H,12,13);2*1-2H3. The maximum atomic E-state index is 11.5. The zero-order chi connectivity index (χ0) is 13.3. The molecule has 1 aliphatic carbocycles. The van der Waals surface area contributed by atoms with Gasteiger partial charge in [0.15, 0.2) is 0 Å². The van der Waals surface area contributed by atoms with Crippen molar-refractivity contribution in [3.05, 3.63) is 29.8 Å². The molecule has 0 bridgehead atoms. The van der Waals surface area contributed by atoms with Gasteiger partial charge >= 0.3 is 0 Å². The van der Waals surface area contributed by atoms with Crippen LogP contribution in [0.2, 0.25) is 0 Å². The van der Waals surface area contributed by atoms with Crippen LogP contribution in [0.15, 0.2) is 24.3 Å². The van der Waals surface area contributed by atoms with Gasteiger partial charge in [-0.1, -0.05) is 33.8 Å². The average molecular weight is 236 g/mol. The molecule has 96 valence electrons. The second-order valence-electron chi connectivity index (χ2n) is 3.37. The lowest BCUT2D eigenvalue weighted by atomic mass is 10.2. The minimum absolute atomic E-state index is 0.0187. The molecule has 1 aromatic carbocycles. The predicted molar refractivity (Wildman–Crippen MR) is 74.0 cm³/mol. The molecule has 1 fully saturated rings. The van der Waals surface area contributed by atoms with E-state index in [2.05, 4.69) is 5.32 Å². The summed E-state index contributed by atoms with van der Waals surface area (Å²) in [6, 6.07) is 7.42. The lowest BCUT2D eigenvalue weighted by molar-refractivity contribution is 0.0951. The first-order valence-electron chi connectivity index (χ1n) is 6.42. The minimum atomic E-state index is -0.0187. The van der Waals surface area contributed by atoms with Crippen LogP contribution < -0.4 is 11.1 Å². The summed E-state index contributed by atoms with van der Waals surface area (Å²) in [5, 5.41) is 2.90. The second-order valence-corrected chi connectivity index (χ2v) is 3.37. The van der Waals surface area contributed by atoms with Crippen LogP contribution in [0.25, 0.3) is 0 Å². The number of nitrogen functional groups attached to an aromatic ring is 1. The Kier molecular flexibility index (Phi) is 7.85. The molecule has 3 N–H and O–H groups in total. The fourth-order valence-corrected chi connectivity index (χ4v) is 1.18. The zero-order valence-electron chi connectivity index (χ0n) is 11.3. The first kappa shape index (κ1) is 15.5. The van der Waals surface area contributed by atoms with Crippen molar-refractivity contribution in [3.8, 4) is 0 Å². The number of amides is 1. The van der Waals surface area contributed by atoms with Crippen molar-refractivity contribution in [2.75, 3.05) is 5.73 Å². The Morgan fingerprint density at radius 3 is 2.29 bits per heavy atom. The number of anilines is 1. The summed E-state index contributed by atoms with van der Waals surface area (Å²) < 4.78 is 0. The van der Waals surface area contributed by atoms with Crippen LogP contribution in [0.4, 0.5) is 5.69 Å². The topological polar surface area (TPSA) is 55.1 Å². The van der Waals surface area contributed by atoms with E-state index < -0.39 is 0 Å². The highest BCUT2D eigenvalue weighted by molar-refractivity contribution is 5.95. The molecule has 0 saturated heterocycles. The molecule has 2 rings (SSSR count). The molecule has 1 aliphatic rings. The van der Waals surface area contributed by atoms with Crippen molar-refractivity contribution in [1.82, 2.24) is 5.32 Å². The quantitative estimate of drug-likeness (QED) is 0.775. The molecule has 1 amide bonds. The number of nitrogens with two attached hydrogens (primary N) is 1. The largest absolute Gasteiger partial charge is 0.399 e. The highest BCUT2D eigenvalue weighted by Gasteiger charge is 2.23. The SMILES string of the molecule is CC.CC.Nc1cccc(C(=O)NC2CC2)c1. The predicted octanol–water partition coefficient (Wildman–Crippen LogP) is 3.21. The average Bonchev–Trinajstić information content (AvgIpc) is 3.18. The normalized spacial score (nSPS) is 12.5. The Hall–Kier alpha value is -1.51. The number of rotatable bonds is 2. The third-order valence-electron chi connectivity index (χ3n) is 2.06. The van der Waals surface area contributed by atoms with E-state index in [0.29, 0.717) is 17.3 Å². The number of benzene rings is 1. The van der Waals surface area contributed by atoms with Crippen LogP contribution in [-0.2, 0) is 0 Å². The third kappa shape index (κ3) is 5.95. The Labute approximate surface area is 104 Å². The Morgan fingerprint density at radius 2 is 1.82 bits per heavy atom. The molecule has 3 heteroatoms. The summed E-state index contributed by atoms with van der Waals surface area (Å²) in [4.78, 5) is 11.5. The van der Waals surface area contributed by atoms with Crippen LogP contribution in [-0.4, -0.2) is 11.9 Å². The molecule has 0 radical (unpaired) electrons. The van der Waals surface area contributed by atoms with Gasteiger partial charge in [-0.3, -0.25) is 4.79 Å². The minimum Gasteiger partial charge on any atom is -0.399 e. The van der Waals surface area contributed by atoms with Crippen LogP contribution >= 0.6 is 0 Å². The summed E-state index contributed by atoms with van der Waals surface area (Å²) in [5.74, 6) is -0.0187. The summed E-state index contributed by atoms with van der Waals surface area (Å²) in [7, 11) is 0. The van der Waals surface area contributed by atoms with Gasteiger partial charge in [0.05, 0.1) is 0 Å². The van der Waals surface area contributed by atoms with E-state index in [4.69, 9.17) is 5.73 Å². The molecule has 0 spiro atoms. The summed E-state index contributed by atoms with van der Waals surface area (Å²) >= 11 is 0. The van der Waals surface area contributed by atoms with E-state index >= 15 is 0 Å². The maximum Gasteiger partial charge on any atom is 0.251 e. The van der Waals surface area contributed by atoms with Crippen molar-refractivity contribution < 1.29 is 4.79 Å². The smallest absolute Gasteiger partial charge is 0.251 e. The fourth-order valence-electron chi connectivity index (χ4n) is 1.18. The van der Waals surface area contributed by atoms with Crippen LogP contribution in [0.1, 0.15) is 50.9 Å². The number of hydrogen-bond acceptors (Lipinski definition) is 2. The molecule has 1 saturated carbocycles. The van der Waals surface area contributed by atoms with Gasteiger partial charge in [0.2, 0.25) is 0 Å². The number of carbonyl (C=O) groups is 1. The van der Waals surface area contributed by atoms with Crippen molar-refractivity contribution >= 4 is 11.6 Å². The van der Waals surface area contributed by atoms with E-state index in [1.807, 2.05) is 27.7 Å². The zero-order valence-corrected chi connectivity index (χ0v) is 11.3. The number of hydrogen-bond donors (Lipinski definition) is 2. The van der Waals surface area contributed by atoms with Gasteiger partial charge in [-0.05, 0) is 31.0 Å². The molecule has 1 aromatic rings. The van der Waals surface area contributed by atoms with Gasteiger partial charge in [-0.15, -0.1) is 0 Å². The highest BCUT2D eigenvalue weighted by atomic mass is 16.1. The Bertz CT molecular complexity index is 333. The molecule has 17 heavy (non-hydrogen) atoms. The lowest BCUT2D eigenvalue weighted by Gasteiger charge is -2.03. The highest BCUT2D eigenvalue weighted by Crippen LogP contribution is 2.19. The molecule has 3 nitrogen and oxygen atoms in total. The first-order valence-corrected chi connectivity index (χ1v) is 6.42. The van der Waals surface area contributed by atoms with E-state index in [0.717, 1.165) is 12.8 Å². The molecule has 0 unspecified atom stereocenters. The van der Waals surface area contributed by atoms with E-state index in [9.17, 15) is 4.79 Å². The third-order valence-corrected chi connectivity index (χ3v) is 2.06. The first-order chi connectivity index (χ1) is 8.25. The van der Waals surface area contributed by atoms with Crippen molar-refractivity contribution in [3.63, 3.8) is 0 Å². The Balaban J connectivity index is 0.000000581. The van der Waals surface area contributed by atoms with Gasteiger partial charge in [-0.2, -0.15) is 0 Å². The molecule has 0 aromatic heterocycles. The lowest BCUT2D eigenvalue weighted by Crippen LogP contribution is -2.25. The van der Waals surface area contributed by atoms with Crippen LogP contribution in [0.5, 0.6) is 0 Å². The number of nitrogens with one attached hydrogen (secondary N) is 1. The Morgan fingerprint density at radius 1 is 1.24 bits per heavy atom. The van der Waals surface area contributed by atoms with Crippen LogP contribution in [0.3, 0.4) is 0 Å². The van der Waals surface area contributed by atoms with E-state index in [1.165, 1.54) is 0 Å². The summed E-state index contributed by atoms with van der Waals surface area (Å²) in [5.41, 5.74) is 6.84. The van der Waals surface area contributed by atoms with E-state index in [-0.39, 0.29) is 5.91 Å². The molecule has 0 atom stereocenters. The maximum absolute atomic E-state index is 11.5.